The zero-order valence-corrected chi connectivity index (χ0v) is 25.3. The van der Waals surface area contributed by atoms with Crippen molar-refractivity contribution in [3.8, 4) is 56.0 Å². The molecule has 4 nitrogen and oxygen atoms in total. The average Bonchev–Trinajstić information content (AvgIpc) is 3.64. The van der Waals surface area contributed by atoms with Crippen molar-refractivity contribution in [1.82, 2.24) is 15.0 Å². The molecule has 7 aromatic carbocycles. The Morgan fingerprint density at radius 1 is 0.404 bits per heavy atom. The van der Waals surface area contributed by atoms with Crippen molar-refractivity contribution in [2.24, 2.45) is 0 Å². The zero-order chi connectivity index (χ0) is 31.2. The first-order chi connectivity index (χ1) is 23.3. The number of nitrogens with zero attached hydrogens (tertiary/aromatic N) is 3. The van der Waals surface area contributed by atoms with Crippen molar-refractivity contribution in [1.29, 1.82) is 0 Å². The summed E-state index contributed by atoms with van der Waals surface area (Å²) >= 11 is 0. The average molecular weight is 602 g/mol. The van der Waals surface area contributed by atoms with E-state index in [2.05, 4.69) is 132 Å². The highest BCUT2D eigenvalue weighted by atomic mass is 16.3. The first-order valence-electron chi connectivity index (χ1n) is 15.7. The van der Waals surface area contributed by atoms with Crippen LogP contribution in [0.15, 0.2) is 169 Å². The summed E-state index contributed by atoms with van der Waals surface area (Å²) in [7, 11) is 0. The van der Waals surface area contributed by atoms with Gasteiger partial charge in [-0.05, 0) is 50.7 Å². The summed E-state index contributed by atoms with van der Waals surface area (Å²) in [5.74, 6) is 0.692. The van der Waals surface area contributed by atoms with Crippen LogP contribution in [0, 0.1) is 0 Å². The normalized spacial score (nSPS) is 11.4. The smallest absolute Gasteiger partial charge is 0.182 e. The minimum Gasteiger partial charge on any atom is -0.443 e. The highest BCUT2D eigenvalue weighted by molar-refractivity contribution is 6.10. The van der Waals surface area contributed by atoms with Crippen molar-refractivity contribution in [3.05, 3.63) is 164 Å². The van der Waals surface area contributed by atoms with Gasteiger partial charge in [0, 0.05) is 22.1 Å². The summed E-state index contributed by atoms with van der Waals surface area (Å²) in [6.07, 6.45) is 1.52. The van der Waals surface area contributed by atoms with Crippen LogP contribution in [0.2, 0.25) is 0 Å². The lowest BCUT2D eigenvalue weighted by atomic mass is 9.84. The SMILES string of the molecule is c1ccc(-c2nc(-c3ccccc3-c3ccc4ccccc4c3-c3ccccc3-c3cccc4ncoc34)nc3ccccc23)cc1. The maximum absolute atomic E-state index is 5.93. The Labute approximate surface area is 271 Å². The minimum absolute atomic E-state index is 0.692. The molecule has 220 valence electrons. The van der Waals surface area contributed by atoms with Gasteiger partial charge in [0.2, 0.25) is 0 Å². The Balaban J connectivity index is 1.33. The maximum atomic E-state index is 5.93. The summed E-state index contributed by atoms with van der Waals surface area (Å²) in [5.41, 5.74) is 12.0. The van der Waals surface area contributed by atoms with Crippen molar-refractivity contribution in [3.63, 3.8) is 0 Å². The number of hydrogen-bond donors (Lipinski definition) is 0. The fourth-order valence-electron chi connectivity index (χ4n) is 6.75. The van der Waals surface area contributed by atoms with E-state index < -0.39 is 0 Å². The molecule has 0 bridgehead atoms. The number of para-hydroxylation sites is 2. The molecule has 0 aliphatic rings. The topological polar surface area (TPSA) is 51.8 Å². The largest absolute Gasteiger partial charge is 0.443 e. The second-order valence-electron chi connectivity index (χ2n) is 11.6. The maximum Gasteiger partial charge on any atom is 0.182 e. The minimum atomic E-state index is 0.692. The van der Waals surface area contributed by atoms with Crippen LogP contribution < -0.4 is 0 Å². The van der Waals surface area contributed by atoms with Crippen LogP contribution in [0.3, 0.4) is 0 Å². The van der Waals surface area contributed by atoms with E-state index in [0.29, 0.717) is 5.82 Å². The lowest BCUT2D eigenvalue weighted by molar-refractivity contribution is 0.603. The summed E-state index contributed by atoms with van der Waals surface area (Å²) in [4.78, 5) is 14.8. The Morgan fingerprint density at radius 2 is 1.04 bits per heavy atom. The van der Waals surface area contributed by atoms with E-state index in [9.17, 15) is 0 Å². The molecule has 0 radical (unpaired) electrons. The van der Waals surface area contributed by atoms with Gasteiger partial charge in [0.25, 0.3) is 0 Å². The fourth-order valence-corrected chi connectivity index (χ4v) is 6.75. The van der Waals surface area contributed by atoms with Gasteiger partial charge < -0.3 is 4.42 Å². The van der Waals surface area contributed by atoms with Gasteiger partial charge in [-0.3, -0.25) is 0 Å². The molecule has 0 atom stereocenters. The van der Waals surface area contributed by atoms with Crippen LogP contribution in [-0.4, -0.2) is 15.0 Å². The molecule has 0 spiro atoms. The van der Waals surface area contributed by atoms with Gasteiger partial charge in [0.15, 0.2) is 17.8 Å². The van der Waals surface area contributed by atoms with E-state index in [-0.39, 0.29) is 0 Å². The molecular weight excluding hydrogens is 574 g/mol. The highest BCUT2D eigenvalue weighted by Gasteiger charge is 2.21. The lowest BCUT2D eigenvalue weighted by Crippen LogP contribution is -1.98. The van der Waals surface area contributed by atoms with E-state index in [1.54, 1.807) is 0 Å². The van der Waals surface area contributed by atoms with Gasteiger partial charge in [0.1, 0.15) is 5.52 Å². The van der Waals surface area contributed by atoms with Crippen molar-refractivity contribution >= 4 is 32.8 Å². The molecule has 0 saturated heterocycles. The van der Waals surface area contributed by atoms with Crippen molar-refractivity contribution in [2.75, 3.05) is 0 Å². The van der Waals surface area contributed by atoms with Gasteiger partial charge in [-0.2, -0.15) is 0 Å². The van der Waals surface area contributed by atoms with Gasteiger partial charge >= 0.3 is 0 Å². The summed E-state index contributed by atoms with van der Waals surface area (Å²) in [5, 5.41) is 3.37. The molecule has 0 fully saturated rings. The summed E-state index contributed by atoms with van der Waals surface area (Å²) in [6.45, 7) is 0. The van der Waals surface area contributed by atoms with Crippen LogP contribution in [0.4, 0.5) is 0 Å². The van der Waals surface area contributed by atoms with E-state index in [1.165, 1.54) is 17.2 Å². The molecular formula is C43H27N3O. The number of oxazole rings is 1. The van der Waals surface area contributed by atoms with Crippen LogP contribution in [-0.2, 0) is 0 Å². The van der Waals surface area contributed by atoms with Crippen molar-refractivity contribution < 1.29 is 4.42 Å². The molecule has 4 heteroatoms. The predicted molar refractivity (Wildman–Crippen MR) is 192 cm³/mol. The summed E-state index contributed by atoms with van der Waals surface area (Å²) < 4.78 is 5.93. The van der Waals surface area contributed by atoms with Crippen LogP contribution in [0.5, 0.6) is 0 Å². The fraction of sp³-hybridized carbons (Fsp3) is 0. The monoisotopic (exact) mass is 601 g/mol. The van der Waals surface area contributed by atoms with E-state index in [1.807, 2.05) is 30.3 Å². The third-order valence-corrected chi connectivity index (χ3v) is 8.88. The molecule has 9 rings (SSSR count). The number of rotatable bonds is 5. The van der Waals surface area contributed by atoms with Gasteiger partial charge in [0.05, 0.1) is 11.2 Å². The summed E-state index contributed by atoms with van der Waals surface area (Å²) in [6, 6.07) is 54.8. The number of fused-ring (bicyclic) bond motifs is 3. The Bertz CT molecular complexity index is 2590. The van der Waals surface area contributed by atoms with Gasteiger partial charge in [-0.25, -0.2) is 15.0 Å². The second-order valence-corrected chi connectivity index (χ2v) is 11.6. The number of benzene rings is 7. The Morgan fingerprint density at radius 3 is 1.89 bits per heavy atom. The second kappa shape index (κ2) is 11.2. The molecule has 2 heterocycles. The highest BCUT2D eigenvalue weighted by Crippen LogP contribution is 2.45. The predicted octanol–water partition coefficient (Wildman–Crippen LogP) is 11.3. The standard InChI is InChI=1S/C43H27N3O/c1-2-14-29(15-3-1)41-37-21-10-11-23-38(37)45-43(46-41)36-20-9-7-18-32(36)34-26-25-28-13-4-5-16-30(28)40(34)33-19-8-6-17-31(33)35-22-12-24-39-42(35)47-27-44-39/h1-27H. The quantitative estimate of drug-likeness (QED) is 0.197. The molecule has 0 aliphatic carbocycles. The Kier molecular flexibility index (Phi) is 6.43. The Hall–Kier alpha value is -6.39. The third kappa shape index (κ3) is 4.58. The molecule has 0 amide bonds. The number of hydrogen-bond acceptors (Lipinski definition) is 4. The molecule has 2 aromatic heterocycles. The molecule has 0 saturated carbocycles. The van der Waals surface area contributed by atoms with Crippen LogP contribution in [0.25, 0.3) is 88.8 Å². The number of aromatic nitrogens is 3. The van der Waals surface area contributed by atoms with E-state index in [4.69, 9.17) is 14.4 Å². The molecule has 9 aromatic rings. The lowest BCUT2D eigenvalue weighted by Gasteiger charge is -2.19. The van der Waals surface area contributed by atoms with E-state index in [0.717, 1.165) is 72.2 Å². The molecule has 47 heavy (non-hydrogen) atoms. The molecule has 0 unspecified atom stereocenters. The third-order valence-electron chi connectivity index (χ3n) is 8.88. The van der Waals surface area contributed by atoms with Crippen LogP contribution >= 0.6 is 0 Å². The van der Waals surface area contributed by atoms with Crippen molar-refractivity contribution in [2.45, 2.75) is 0 Å². The zero-order valence-electron chi connectivity index (χ0n) is 25.3. The molecule has 0 N–H and O–H groups in total. The first kappa shape index (κ1) is 27.0. The van der Waals surface area contributed by atoms with Gasteiger partial charge in [-0.15, -0.1) is 0 Å². The van der Waals surface area contributed by atoms with E-state index >= 15 is 0 Å². The first-order valence-corrected chi connectivity index (χ1v) is 15.7. The van der Waals surface area contributed by atoms with Crippen LogP contribution in [0.1, 0.15) is 0 Å². The van der Waals surface area contributed by atoms with Gasteiger partial charge in [-0.1, -0.05) is 146 Å². The molecule has 0 aliphatic heterocycles.